The van der Waals surface area contributed by atoms with Gasteiger partial charge >= 0.3 is 0 Å². The first kappa shape index (κ1) is 12.7. The first-order chi connectivity index (χ1) is 9.25. The fourth-order valence-electron chi connectivity index (χ4n) is 2.66. The minimum atomic E-state index is 0.190. The number of ether oxygens (including phenoxy) is 1. The monoisotopic (exact) mass is 272 g/mol. The van der Waals surface area contributed by atoms with Crippen LogP contribution in [-0.2, 0) is 4.74 Å². The van der Waals surface area contributed by atoms with Crippen molar-refractivity contribution in [2.75, 3.05) is 6.61 Å². The highest BCUT2D eigenvalue weighted by atomic mass is 35.5. The van der Waals surface area contributed by atoms with Gasteiger partial charge in [-0.15, -0.1) is 0 Å². The van der Waals surface area contributed by atoms with Crippen LogP contribution in [0.2, 0.25) is 5.02 Å². The Labute approximate surface area is 119 Å². The Hall–Kier alpha value is -1.31. The maximum atomic E-state index is 6.43. The van der Waals surface area contributed by atoms with Gasteiger partial charge < -0.3 is 4.74 Å². The smallest absolute Gasteiger partial charge is 0.0832 e. The third kappa shape index (κ3) is 2.54. The van der Waals surface area contributed by atoms with Gasteiger partial charge in [0.25, 0.3) is 0 Å². The molecule has 0 amide bonds. The first-order valence-electron chi connectivity index (χ1n) is 6.73. The summed E-state index contributed by atoms with van der Waals surface area (Å²) in [6, 6.07) is 14.6. The summed E-state index contributed by atoms with van der Waals surface area (Å²) in [7, 11) is 0. The topological polar surface area (TPSA) is 9.23 Å². The van der Waals surface area contributed by atoms with Crippen LogP contribution < -0.4 is 0 Å². The highest BCUT2D eigenvalue weighted by Gasteiger charge is 2.22. The van der Waals surface area contributed by atoms with Crippen LogP contribution in [0, 0.1) is 6.92 Å². The average Bonchev–Trinajstić information content (AvgIpc) is 2.94. The highest BCUT2D eigenvalue weighted by molar-refractivity contribution is 6.33. The van der Waals surface area contributed by atoms with Gasteiger partial charge in [-0.3, -0.25) is 0 Å². The Balaban J connectivity index is 2.10. The quantitative estimate of drug-likeness (QED) is 0.733. The molecular weight excluding hydrogens is 256 g/mol. The van der Waals surface area contributed by atoms with Crippen LogP contribution >= 0.6 is 11.6 Å². The number of rotatable bonds is 2. The Morgan fingerprint density at radius 2 is 1.89 bits per heavy atom. The SMILES string of the molecule is Cc1ccc(-c2c(Cl)cccc2[C@H]2CCCO2)cc1. The molecule has 1 saturated heterocycles. The number of benzene rings is 2. The average molecular weight is 273 g/mol. The molecule has 1 fully saturated rings. The standard InChI is InChI=1S/C17H17ClO/c1-12-7-9-13(10-8-12)17-14(4-2-5-15(17)18)16-6-3-11-19-16/h2,4-5,7-10,16H,3,6,11H2,1H3/t16-/m1/s1. The molecule has 1 aliphatic rings. The van der Waals surface area contributed by atoms with Crippen LogP contribution in [0.3, 0.4) is 0 Å². The summed E-state index contributed by atoms with van der Waals surface area (Å²) >= 11 is 6.43. The molecule has 0 saturated carbocycles. The summed E-state index contributed by atoms with van der Waals surface area (Å²) in [4.78, 5) is 0. The number of hydrogen-bond donors (Lipinski definition) is 0. The zero-order valence-electron chi connectivity index (χ0n) is 11.0. The first-order valence-corrected chi connectivity index (χ1v) is 7.10. The normalized spacial score (nSPS) is 18.7. The molecule has 0 unspecified atom stereocenters. The fourth-order valence-corrected chi connectivity index (χ4v) is 2.95. The zero-order chi connectivity index (χ0) is 13.2. The van der Waals surface area contributed by atoms with E-state index in [4.69, 9.17) is 16.3 Å². The minimum Gasteiger partial charge on any atom is -0.374 e. The summed E-state index contributed by atoms with van der Waals surface area (Å²) in [5, 5.41) is 0.803. The van der Waals surface area contributed by atoms with Crippen molar-refractivity contribution in [3.8, 4) is 11.1 Å². The molecule has 2 heteroatoms. The molecule has 0 radical (unpaired) electrons. The maximum Gasteiger partial charge on any atom is 0.0832 e. The van der Waals surface area contributed by atoms with Crippen molar-refractivity contribution in [1.29, 1.82) is 0 Å². The molecule has 1 atom stereocenters. The molecule has 19 heavy (non-hydrogen) atoms. The van der Waals surface area contributed by atoms with E-state index < -0.39 is 0 Å². The molecule has 2 aromatic carbocycles. The molecule has 1 aliphatic heterocycles. The second-order valence-corrected chi connectivity index (χ2v) is 5.48. The van der Waals surface area contributed by atoms with Crippen molar-refractivity contribution < 1.29 is 4.74 Å². The lowest BCUT2D eigenvalue weighted by Crippen LogP contribution is -1.99. The lowest BCUT2D eigenvalue weighted by molar-refractivity contribution is 0.112. The second-order valence-electron chi connectivity index (χ2n) is 5.07. The number of hydrogen-bond acceptors (Lipinski definition) is 1. The molecule has 0 N–H and O–H groups in total. The summed E-state index contributed by atoms with van der Waals surface area (Å²) in [5.74, 6) is 0. The van der Waals surface area contributed by atoms with Gasteiger partial charge in [-0.25, -0.2) is 0 Å². The van der Waals surface area contributed by atoms with E-state index in [1.165, 1.54) is 16.7 Å². The fraction of sp³-hybridized carbons (Fsp3) is 0.294. The van der Waals surface area contributed by atoms with E-state index in [-0.39, 0.29) is 6.10 Å². The van der Waals surface area contributed by atoms with Gasteiger partial charge in [-0.05, 0) is 37.0 Å². The molecule has 0 spiro atoms. The van der Waals surface area contributed by atoms with Crippen LogP contribution in [0.4, 0.5) is 0 Å². The minimum absolute atomic E-state index is 0.190. The van der Waals surface area contributed by atoms with E-state index in [9.17, 15) is 0 Å². The Morgan fingerprint density at radius 3 is 2.58 bits per heavy atom. The summed E-state index contributed by atoms with van der Waals surface area (Å²) in [6.07, 6.45) is 2.40. The van der Waals surface area contributed by atoms with Crippen LogP contribution in [0.1, 0.15) is 30.1 Å². The number of aryl methyl sites for hydroxylation is 1. The van der Waals surface area contributed by atoms with E-state index >= 15 is 0 Å². The van der Waals surface area contributed by atoms with E-state index in [1.807, 2.05) is 12.1 Å². The van der Waals surface area contributed by atoms with Crippen molar-refractivity contribution in [3.05, 3.63) is 58.6 Å². The van der Waals surface area contributed by atoms with Crippen molar-refractivity contribution in [2.24, 2.45) is 0 Å². The number of halogens is 1. The molecule has 0 bridgehead atoms. The molecule has 1 heterocycles. The van der Waals surface area contributed by atoms with Gasteiger partial charge in [-0.1, -0.05) is 53.6 Å². The van der Waals surface area contributed by atoms with Crippen LogP contribution in [0.15, 0.2) is 42.5 Å². The third-order valence-electron chi connectivity index (χ3n) is 3.66. The van der Waals surface area contributed by atoms with Crippen molar-refractivity contribution in [1.82, 2.24) is 0 Å². The van der Waals surface area contributed by atoms with Crippen LogP contribution in [0.25, 0.3) is 11.1 Å². The van der Waals surface area contributed by atoms with E-state index in [2.05, 4.69) is 37.3 Å². The van der Waals surface area contributed by atoms with Crippen molar-refractivity contribution in [2.45, 2.75) is 25.9 Å². The predicted molar refractivity (Wildman–Crippen MR) is 79.6 cm³/mol. The lowest BCUT2D eigenvalue weighted by atomic mass is 9.94. The molecule has 2 aromatic rings. The Kier molecular flexibility index (Phi) is 3.58. The Bertz CT molecular complexity index is 568. The van der Waals surface area contributed by atoms with Gasteiger partial charge in [0, 0.05) is 17.2 Å². The summed E-state index contributed by atoms with van der Waals surface area (Å²) in [5.41, 5.74) is 4.76. The largest absolute Gasteiger partial charge is 0.374 e. The molecule has 0 aliphatic carbocycles. The van der Waals surface area contributed by atoms with Crippen molar-refractivity contribution in [3.63, 3.8) is 0 Å². The summed E-state index contributed by atoms with van der Waals surface area (Å²) in [6.45, 7) is 2.95. The molecule has 0 aromatic heterocycles. The van der Waals surface area contributed by atoms with E-state index in [1.54, 1.807) is 0 Å². The molecule has 3 rings (SSSR count). The zero-order valence-corrected chi connectivity index (χ0v) is 11.8. The second kappa shape index (κ2) is 5.36. The van der Waals surface area contributed by atoms with Gasteiger partial charge in [0.2, 0.25) is 0 Å². The summed E-state index contributed by atoms with van der Waals surface area (Å²) < 4.78 is 5.82. The van der Waals surface area contributed by atoms with E-state index in [0.29, 0.717) is 0 Å². The van der Waals surface area contributed by atoms with Gasteiger partial charge in [0.15, 0.2) is 0 Å². The predicted octanol–water partition coefficient (Wildman–Crippen LogP) is 5.17. The van der Waals surface area contributed by atoms with Gasteiger partial charge in [0.1, 0.15) is 0 Å². The van der Waals surface area contributed by atoms with E-state index in [0.717, 1.165) is 30.0 Å². The molecule has 1 nitrogen and oxygen atoms in total. The highest BCUT2D eigenvalue weighted by Crippen LogP contribution is 2.39. The molecular formula is C17H17ClO. The van der Waals surface area contributed by atoms with Gasteiger partial charge in [-0.2, -0.15) is 0 Å². The van der Waals surface area contributed by atoms with Crippen LogP contribution in [-0.4, -0.2) is 6.61 Å². The lowest BCUT2D eigenvalue weighted by Gasteiger charge is -2.17. The maximum absolute atomic E-state index is 6.43. The molecule has 98 valence electrons. The van der Waals surface area contributed by atoms with Gasteiger partial charge in [0.05, 0.1) is 6.10 Å². The van der Waals surface area contributed by atoms with Crippen molar-refractivity contribution >= 4 is 11.6 Å². The third-order valence-corrected chi connectivity index (χ3v) is 3.98. The Morgan fingerprint density at radius 1 is 1.11 bits per heavy atom. The van der Waals surface area contributed by atoms with Crippen LogP contribution in [0.5, 0.6) is 0 Å².